The topological polar surface area (TPSA) is 24.5 Å². The summed E-state index contributed by atoms with van der Waals surface area (Å²) in [5.74, 6) is 1.47. The molecular weight excluding hydrogens is 188 g/mol. The van der Waals surface area contributed by atoms with Crippen LogP contribution in [0.5, 0.6) is 0 Å². The lowest BCUT2D eigenvalue weighted by atomic mass is 9.92. The average molecular weight is 212 g/mol. The quantitative estimate of drug-likeness (QED) is 0.737. The normalized spacial score (nSPS) is 33.8. The van der Waals surface area contributed by atoms with Crippen LogP contribution in [0, 0.1) is 11.8 Å². The fourth-order valence-corrected chi connectivity index (χ4v) is 2.84. The van der Waals surface area contributed by atoms with Crippen LogP contribution in [0.2, 0.25) is 0 Å². The van der Waals surface area contributed by atoms with Crippen molar-refractivity contribution >= 4 is 0 Å². The minimum Gasteiger partial charge on any atom is -0.380 e. The first-order valence-electron chi connectivity index (χ1n) is 6.30. The average Bonchev–Trinajstić information content (AvgIpc) is 2.41. The molecule has 3 nitrogen and oxygen atoms in total. The maximum absolute atomic E-state index is 5.69. The lowest BCUT2D eigenvalue weighted by Gasteiger charge is -2.38. The summed E-state index contributed by atoms with van der Waals surface area (Å²) >= 11 is 0. The van der Waals surface area contributed by atoms with E-state index in [1.165, 1.54) is 19.5 Å². The molecule has 2 fully saturated rings. The van der Waals surface area contributed by atoms with Crippen LogP contribution in [0.15, 0.2) is 0 Å². The van der Waals surface area contributed by atoms with Crippen LogP contribution < -0.4 is 5.32 Å². The van der Waals surface area contributed by atoms with E-state index in [1.807, 2.05) is 0 Å². The first-order chi connectivity index (χ1) is 7.27. The highest BCUT2D eigenvalue weighted by Gasteiger charge is 2.32. The standard InChI is InChI=1S/C12H24N2O/c1-10(2)8-14-5-6-15-9-11-7-13-4-3-12(11)14/h10-13H,3-9H2,1-2H3/t11-,12-/m0/s1. The molecule has 0 amide bonds. The molecule has 2 saturated heterocycles. The second-order valence-electron chi connectivity index (χ2n) is 5.28. The predicted octanol–water partition coefficient (Wildman–Crippen LogP) is 0.953. The fourth-order valence-electron chi connectivity index (χ4n) is 2.84. The maximum Gasteiger partial charge on any atom is 0.0593 e. The van der Waals surface area contributed by atoms with Crippen molar-refractivity contribution in [3.63, 3.8) is 0 Å². The number of hydrogen-bond acceptors (Lipinski definition) is 3. The van der Waals surface area contributed by atoms with E-state index >= 15 is 0 Å². The number of piperidine rings is 1. The van der Waals surface area contributed by atoms with Gasteiger partial charge < -0.3 is 10.1 Å². The highest BCUT2D eigenvalue weighted by Crippen LogP contribution is 2.22. The van der Waals surface area contributed by atoms with Gasteiger partial charge in [0.15, 0.2) is 0 Å². The summed E-state index contributed by atoms with van der Waals surface area (Å²) in [7, 11) is 0. The Morgan fingerprint density at radius 2 is 2.33 bits per heavy atom. The number of rotatable bonds is 2. The minimum absolute atomic E-state index is 0.708. The van der Waals surface area contributed by atoms with E-state index in [9.17, 15) is 0 Å². The van der Waals surface area contributed by atoms with Gasteiger partial charge in [-0.05, 0) is 18.9 Å². The molecule has 0 bridgehead atoms. The number of fused-ring (bicyclic) bond motifs is 1. The van der Waals surface area contributed by atoms with Crippen molar-refractivity contribution in [3.8, 4) is 0 Å². The highest BCUT2D eigenvalue weighted by molar-refractivity contribution is 4.87. The van der Waals surface area contributed by atoms with Crippen LogP contribution in [0.4, 0.5) is 0 Å². The van der Waals surface area contributed by atoms with Gasteiger partial charge in [-0.25, -0.2) is 0 Å². The maximum atomic E-state index is 5.69. The lowest BCUT2D eigenvalue weighted by Crippen LogP contribution is -2.50. The van der Waals surface area contributed by atoms with Gasteiger partial charge in [-0.1, -0.05) is 13.8 Å². The predicted molar refractivity (Wildman–Crippen MR) is 62.0 cm³/mol. The van der Waals surface area contributed by atoms with Crippen LogP contribution in [0.1, 0.15) is 20.3 Å². The molecule has 15 heavy (non-hydrogen) atoms. The molecule has 2 atom stereocenters. The van der Waals surface area contributed by atoms with Crippen LogP contribution in [-0.2, 0) is 4.74 Å². The van der Waals surface area contributed by atoms with Crippen molar-refractivity contribution in [1.29, 1.82) is 0 Å². The van der Waals surface area contributed by atoms with Crippen molar-refractivity contribution in [2.75, 3.05) is 39.4 Å². The van der Waals surface area contributed by atoms with Crippen molar-refractivity contribution in [1.82, 2.24) is 10.2 Å². The van der Waals surface area contributed by atoms with Crippen molar-refractivity contribution < 1.29 is 4.74 Å². The zero-order chi connectivity index (χ0) is 10.7. The lowest BCUT2D eigenvalue weighted by molar-refractivity contribution is 0.0992. The molecule has 0 saturated carbocycles. The summed E-state index contributed by atoms with van der Waals surface area (Å²) in [6.07, 6.45) is 1.29. The van der Waals surface area contributed by atoms with Gasteiger partial charge >= 0.3 is 0 Å². The van der Waals surface area contributed by atoms with Crippen LogP contribution in [0.3, 0.4) is 0 Å². The van der Waals surface area contributed by atoms with E-state index in [0.29, 0.717) is 5.92 Å². The molecule has 0 aromatic rings. The Morgan fingerprint density at radius 3 is 3.13 bits per heavy atom. The van der Waals surface area contributed by atoms with Crippen molar-refractivity contribution in [2.24, 2.45) is 11.8 Å². The summed E-state index contributed by atoms with van der Waals surface area (Å²) in [6.45, 7) is 11.1. The highest BCUT2D eigenvalue weighted by atomic mass is 16.5. The molecule has 2 aliphatic heterocycles. The summed E-state index contributed by atoms with van der Waals surface area (Å²) in [4.78, 5) is 2.66. The van der Waals surface area contributed by atoms with Gasteiger partial charge in [0.2, 0.25) is 0 Å². The fraction of sp³-hybridized carbons (Fsp3) is 1.00. The molecule has 1 N–H and O–H groups in total. The smallest absolute Gasteiger partial charge is 0.0593 e. The van der Waals surface area contributed by atoms with Gasteiger partial charge in [0.25, 0.3) is 0 Å². The second kappa shape index (κ2) is 5.28. The first-order valence-corrected chi connectivity index (χ1v) is 6.30. The van der Waals surface area contributed by atoms with Gasteiger partial charge in [0.05, 0.1) is 13.2 Å². The van der Waals surface area contributed by atoms with E-state index in [-0.39, 0.29) is 0 Å². The Labute approximate surface area is 93.2 Å². The molecule has 2 rings (SSSR count). The third kappa shape index (κ3) is 2.92. The third-order valence-corrected chi connectivity index (χ3v) is 3.49. The molecule has 0 aromatic carbocycles. The summed E-state index contributed by atoms with van der Waals surface area (Å²) in [5.41, 5.74) is 0. The Kier molecular flexibility index (Phi) is 4.00. The molecule has 3 heteroatoms. The van der Waals surface area contributed by atoms with E-state index in [0.717, 1.165) is 38.3 Å². The zero-order valence-electron chi connectivity index (χ0n) is 10.0. The van der Waals surface area contributed by atoms with Gasteiger partial charge in [-0.15, -0.1) is 0 Å². The van der Waals surface area contributed by atoms with Crippen LogP contribution in [-0.4, -0.2) is 50.3 Å². The molecule has 2 aliphatic rings. The van der Waals surface area contributed by atoms with Gasteiger partial charge in [-0.3, -0.25) is 4.90 Å². The SMILES string of the molecule is CC(C)CN1CCOC[C@@H]2CNCC[C@@H]21. The first kappa shape index (κ1) is 11.4. The van der Waals surface area contributed by atoms with E-state index in [2.05, 4.69) is 24.1 Å². The molecule has 0 spiro atoms. The monoisotopic (exact) mass is 212 g/mol. The van der Waals surface area contributed by atoms with Gasteiger partial charge in [0.1, 0.15) is 0 Å². The van der Waals surface area contributed by atoms with Crippen molar-refractivity contribution in [2.45, 2.75) is 26.3 Å². The molecule has 2 heterocycles. The minimum atomic E-state index is 0.708. The van der Waals surface area contributed by atoms with Crippen LogP contribution >= 0.6 is 0 Å². The number of ether oxygens (including phenoxy) is 1. The Bertz CT molecular complexity index is 196. The molecule has 88 valence electrons. The molecule has 0 aromatic heterocycles. The van der Waals surface area contributed by atoms with Gasteiger partial charge in [-0.2, -0.15) is 0 Å². The van der Waals surface area contributed by atoms with Crippen molar-refractivity contribution in [3.05, 3.63) is 0 Å². The largest absolute Gasteiger partial charge is 0.380 e. The molecule has 0 unspecified atom stereocenters. The summed E-state index contributed by atoms with van der Waals surface area (Å²) < 4.78 is 5.69. The number of nitrogens with one attached hydrogen (secondary N) is 1. The van der Waals surface area contributed by atoms with Gasteiger partial charge in [0, 0.05) is 31.6 Å². The Hall–Kier alpha value is -0.120. The molecule has 0 aliphatic carbocycles. The summed E-state index contributed by atoms with van der Waals surface area (Å²) in [6, 6.07) is 0.760. The number of nitrogens with zero attached hydrogens (tertiary/aromatic N) is 1. The van der Waals surface area contributed by atoms with E-state index < -0.39 is 0 Å². The zero-order valence-corrected chi connectivity index (χ0v) is 10.0. The Morgan fingerprint density at radius 1 is 1.47 bits per heavy atom. The molecular formula is C12H24N2O. The van der Waals surface area contributed by atoms with E-state index in [1.54, 1.807) is 0 Å². The summed E-state index contributed by atoms with van der Waals surface area (Å²) in [5, 5.41) is 3.48. The molecule has 0 radical (unpaired) electrons. The second-order valence-corrected chi connectivity index (χ2v) is 5.28. The van der Waals surface area contributed by atoms with E-state index in [4.69, 9.17) is 4.74 Å². The van der Waals surface area contributed by atoms with Crippen LogP contribution in [0.25, 0.3) is 0 Å². The number of hydrogen-bond donors (Lipinski definition) is 1. The Balaban J connectivity index is 1.99. The third-order valence-electron chi connectivity index (χ3n) is 3.49.